The molecular formula is C11H12N2O4S. The highest BCUT2D eigenvalue weighted by Gasteiger charge is 2.28. The van der Waals surface area contributed by atoms with Crippen molar-refractivity contribution in [2.75, 3.05) is 5.75 Å². The number of carbonyl (C=O) groups is 1. The quantitative estimate of drug-likeness (QED) is 0.739. The summed E-state index contributed by atoms with van der Waals surface area (Å²) in [6.07, 6.45) is 1.46. The number of aryl methyl sites for hydroxylation is 1. The predicted molar refractivity (Wildman–Crippen MR) is 67.0 cm³/mol. The van der Waals surface area contributed by atoms with Gasteiger partial charge in [-0.3, -0.25) is 9.98 Å². The lowest BCUT2D eigenvalue weighted by Crippen LogP contribution is -2.17. The fourth-order valence-electron chi connectivity index (χ4n) is 1.63. The Hall–Kier alpha value is -1.60. The van der Waals surface area contributed by atoms with Crippen molar-refractivity contribution >= 4 is 22.8 Å². The number of aliphatic imine (C=N–C) groups is 1. The molecule has 0 spiro atoms. The molecule has 1 aromatic heterocycles. The van der Waals surface area contributed by atoms with Crippen LogP contribution in [0.25, 0.3) is 0 Å². The highest BCUT2D eigenvalue weighted by Crippen LogP contribution is 2.32. The molecule has 1 aliphatic heterocycles. The molecule has 6 nitrogen and oxygen atoms in total. The minimum atomic E-state index is -0.992. The summed E-state index contributed by atoms with van der Waals surface area (Å²) in [7, 11) is 0. The maximum atomic E-state index is 10.8. The van der Waals surface area contributed by atoms with Gasteiger partial charge >= 0.3 is 5.97 Å². The summed E-state index contributed by atoms with van der Waals surface area (Å²) in [4.78, 5) is 18.8. The van der Waals surface area contributed by atoms with Crippen LogP contribution in [-0.2, 0) is 11.4 Å². The first-order chi connectivity index (χ1) is 8.54. The molecule has 0 saturated heterocycles. The average Bonchev–Trinajstić information content (AvgIpc) is 2.81. The van der Waals surface area contributed by atoms with E-state index in [2.05, 4.69) is 9.98 Å². The van der Waals surface area contributed by atoms with Crippen molar-refractivity contribution in [3.05, 3.63) is 23.0 Å². The van der Waals surface area contributed by atoms with Gasteiger partial charge in [0.25, 0.3) is 0 Å². The molecule has 0 fully saturated rings. The first-order valence-electron chi connectivity index (χ1n) is 5.26. The van der Waals surface area contributed by atoms with Gasteiger partial charge in [0.1, 0.15) is 10.8 Å². The van der Waals surface area contributed by atoms with Crippen LogP contribution in [0.2, 0.25) is 0 Å². The highest BCUT2D eigenvalue weighted by molar-refractivity contribution is 8.14. The van der Waals surface area contributed by atoms with Gasteiger partial charge < -0.3 is 15.3 Å². The second-order valence-corrected chi connectivity index (χ2v) is 4.86. The number of carboxylic acids is 1. The number of hydrogen-bond donors (Lipinski definition) is 3. The Kier molecular flexibility index (Phi) is 3.53. The van der Waals surface area contributed by atoms with Crippen molar-refractivity contribution in [1.29, 1.82) is 0 Å². The lowest BCUT2D eigenvalue weighted by Gasteiger charge is -2.10. The van der Waals surface area contributed by atoms with Crippen LogP contribution in [0.15, 0.2) is 11.2 Å². The van der Waals surface area contributed by atoms with E-state index in [4.69, 9.17) is 5.11 Å². The molecule has 1 aromatic rings. The molecular weight excluding hydrogens is 256 g/mol. The average molecular weight is 268 g/mol. The Morgan fingerprint density at radius 1 is 1.61 bits per heavy atom. The number of aromatic nitrogens is 1. The molecule has 2 heterocycles. The zero-order valence-corrected chi connectivity index (χ0v) is 10.4. The Morgan fingerprint density at radius 3 is 2.89 bits per heavy atom. The number of aromatic hydroxyl groups is 1. The first-order valence-corrected chi connectivity index (χ1v) is 6.25. The van der Waals surface area contributed by atoms with Gasteiger partial charge in [0.2, 0.25) is 0 Å². The van der Waals surface area contributed by atoms with E-state index in [1.165, 1.54) is 18.0 Å². The minimum absolute atomic E-state index is 0.0566. The molecule has 1 unspecified atom stereocenters. The first kappa shape index (κ1) is 12.8. The van der Waals surface area contributed by atoms with E-state index in [1.54, 1.807) is 6.92 Å². The molecule has 0 radical (unpaired) electrons. The summed E-state index contributed by atoms with van der Waals surface area (Å²) in [5.41, 5.74) is 1.25. The summed E-state index contributed by atoms with van der Waals surface area (Å²) in [6.45, 7) is 1.35. The topological polar surface area (TPSA) is 103 Å². The highest BCUT2D eigenvalue weighted by atomic mass is 32.2. The van der Waals surface area contributed by atoms with Crippen LogP contribution in [0, 0.1) is 6.92 Å². The van der Waals surface area contributed by atoms with Crippen LogP contribution in [0.3, 0.4) is 0 Å². The smallest absolute Gasteiger partial charge is 0.329 e. The van der Waals surface area contributed by atoms with Crippen LogP contribution in [0.4, 0.5) is 0 Å². The van der Waals surface area contributed by atoms with E-state index < -0.39 is 12.0 Å². The Bertz CT molecular complexity index is 530. The third-order valence-electron chi connectivity index (χ3n) is 2.63. The van der Waals surface area contributed by atoms with Gasteiger partial charge in [0, 0.05) is 17.5 Å². The van der Waals surface area contributed by atoms with Gasteiger partial charge in [-0.15, -0.1) is 11.8 Å². The van der Waals surface area contributed by atoms with Crippen LogP contribution < -0.4 is 0 Å². The molecule has 1 atom stereocenters. The molecule has 2 rings (SSSR count). The summed E-state index contributed by atoms with van der Waals surface area (Å²) in [6, 6.07) is -0.801. The van der Waals surface area contributed by atoms with E-state index in [-0.39, 0.29) is 12.4 Å². The van der Waals surface area contributed by atoms with E-state index in [1.807, 2.05) is 0 Å². The number of nitrogens with zero attached hydrogens (tertiary/aromatic N) is 2. The standard InChI is InChI=1S/C11H12N2O4S/c1-5-9(15)8(6(3-14)2-12-5)10-13-7(4-18-10)11(16)17/h2,7,14-15H,3-4H2,1H3,(H,16,17). The van der Waals surface area contributed by atoms with E-state index in [0.717, 1.165) is 0 Å². The number of aliphatic hydroxyl groups excluding tert-OH is 1. The van der Waals surface area contributed by atoms with Gasteiger partial charge in [-0.25, -0.2) is 4.79 Å². The molecule has 0 saturated carbocycles. The van der Waals surface area contributed by atoms with Crippen LogP contribution in [-0.4, -0.2) is 43.1 Å². The third-order valence-corrected chi connectivity index (χ3v) is 3.70. The second kappa shape index (κ2) is 4.95. The van der Waals surface area contributed by atoms with E-state index in [9.17, 15) is 15.0 Å². The minimum Gasteiger partial charge on any atom is -0.505 e. The SMILES string of the molecule is Cc1ncc(CO)c(C2=NC(C(=O)O)CS2)c1O. The number of pyridine rings is 1. The molecule has 0 bridgehead atoms. The number of carboxylic acid groups (broad SMARTS) is 1. The summed E-state index contributed by atoms with van der Waals surface area (Å²) >= 11 is 1.25. The summed E-state index contributed by atoms with van der Waals surface area (Å²) in [5, 5.41) is 28.5. The Labute approximate surface area is 107 Å². The summed E-state index contributed by atoms with van der Waals surface area (Å²) < 4.78 is 0. The van der Waals surface area contributed by atoms with Crippen molar-refractivity contribution in [3.63, 3.8) is 0 Å². The van der Waals surface area contributed by atoms with E-state index in [0.29, 0.717) is 27.6 Å². The van der Waals surface area contributed by atoms with Crippen LogP contribution >= 0.6 is 11.8 Å². The maximum Gasteiger partial charge on any atom is 0.329 e. The van der Waals surface area contributed by atoms with Gasteiger partial charge in [-0.2, -0.15) is 0 Å². The molecule has 0 aliphatic carbocycles. The van der Waals surface area contributed by atoms with Crippen molar-refractivity contribution in [3.8, 4) is 5.75 Å². The Morgan fingerprint density at radius 2 is 2.33 bits per heavy atom. The van der Waals surface area contributed by atoms with Crippen LogP contribution in [0.1, 0.15) is 16.8 Å². The fourth-order valence-corrected chi connectivity index (χ4v) is 2.74. The zero-order valence-electron chi connectivity index (χ0n) is 9.62. The monoisotopic (exact) mass is 268 g/mol. The number of aliphatic hydroxyl groups is 1. The zero-order chi connectivity index (χ0) is 13.3. The molecule has 18 heavy (non-hydrogen) atoms. The molecule has 1 aliphatic rings. The molecule has 96 valence electrons. The van der Waals surface area contributed by atoms with E-state index >= 15 is 0 Å². The second-order valence-electron chi connectivity index (χ2n) is 3.85. The third kappa shape index (κ3) is 2.19. The lowest BCUT2D eigenvalue weighted by molar-refractivity contribution is -0.137. The number of rotatable bonds is 3. The molecule has 7 heteroatoms. The predicted octanol–water partition coefficient (Wildman–Crippen LogP) is 0.535. The number of hydrogen-bond acceptors (Lipinski definition) is 6. The maximum absolute atomic E-state index is 10.8. The van der Waals surface area contributed by atoms with Gasteiger partial charge in [-0.1, -0.05) is 0 Å². The number of thioether (sulfide) groups is 1. The van der Waals surface area contributed by atoms with Crippen molar-refractivity contribution in [2.24, 2.45) is 4.99 Å². The largest absolute Gasteiger partial charge is 0.505 e. The number of aliphatic carboxylic acids is 1. The van der Waals surface area contributed by atoms with Gasteiger partial charge in [0.05, 0.1) is 17.9 Å². The van der Waals surface area contributed by atoms with Gasteiger partial charge in [0.15, 0.2) is 6.04 Å². The fraction of sp³-hybridized carbons (Fsp3) is 0.364. The van der Waals surface area contributed by atoms with Crippen molar-refractivity contribution in [1.82, 2.24) is 4.98 Å². The van der Waals surface area contributed by atoms with Crippen molar-refractivity contribution < 1.29 is 20.1 Å². The van der Waals surface area contributed by atoms with Crippen molar-refractivity contribution in [2.45, 2.75) is 19.6 Å². The molecule has 3 N–H and O–H groups in total. The normalized spacial score (nSPS) is 18.8. The van der Waals surface area contributed by atoms with Crippen LogP contribution in [0.5, 0.6) is 5.75 Å². The summed E-state index contributed by atoms with van der Waals surface area (Å²) in [5.74, 6) is -0.719. The molecule has 0 amide bonds. The Balaban J connectivity index is 2.48. The van der Waals surface area contributed by atoms with Gasteiger partial charge in [-0.05, 0) is 6.92 Å². The molecule has 0 aromatic carbocycles. The lowest BCUT2D eigenvalue weighted by atomic mass is 10.1.